The van der Waals surface area contributed by atoms with Crippen LogP contribution in [-0.2, 0) is 21.9 Å². The number of nitrogens with one attached hydrogen (secondary N) is 1. The molecule has 0 bridgehead atoms. The number of anilines is 1. The fourth-order valence-corrected chi connectivity index (χ4v) is 4.37. The van der Waals surface area contributed by atoms with Crippen molar-refractivity contribution in [3.05, 3.63) is 53.6 Å². The monoisotopic (exact) mass is 465 g/mol. The van der Waals surface area contributed by atoms with Crippen molar-refractivity contribution >= 4 is 45.0 Å². The number of carbonyl (C=O) groups is 1. The van der Waals surface area contributed by atoms with Gasteiger partial charge in [-0.3, -0.25) is 4.79 Å². The van der Waals surface area contributed by atoms with E-state index < -0.39 is 10.0 Å². The fraction of sp³-hybridized carbons (Fsp3) is 0.211. The Morgan fingerprint density at radius 3 is 2.53 bits per heavy atom. The van der Waals surface area contributed by atoms with E-state index in [1.165, 1.54) is 44.1 Å². The van der Waals surface area contributed by atoms with Crippen LogP contribution in [0.15, 0.2) is 58.6 Å². The van der Waals surface area contributed by atoms with E-state index >= 15 is 0 Å². The molecular weight excluding hydrogens is 446 g/mol. The molecule has 3 aromatic rings. The van der Waals surface area contributed by atoms with Gasteiger partial charge in [0.25, 0.3) is 0 Å². The normalized spacial score (nSPS) is 11.6. The number of benzene rings is 2. The molecule has 1 N–H and O–H groups in total. The molecule has 0 radical (unpaired) electrons. The second-order valence-electron chi connectivity index (χ2n) is 6.50. The number of amides is 1. The van der Waals surface area contributed by atoms with E-state index in [0.29, 0.717) is 11.0 Å². The van der Waals surface area contributed by atoms with Crippen molar-refractivity contribution in [3.8, 4) is 11.4 Å². The van der Waals surface area contributed by atoms with Crippen LogP contribution in [-0.4, -0.2) is 53.2 Å². The minimum Gasteiger partial charge on any atom is -0.324 e. The topological polar surface area (TPSA) is 97.2 Å². The van der Waals surface area contributed by atoms with Gasteiger partial charge in [-0.2, -0.15) is 0 Å². The molecule has 2 aromatic carbocycles. The molecule has 1 aromatic heterocycles. The third kappa shape index (κ3) is 4.84. The van der Waals surface area contributed by atoms with E-state index in [9.17, 15) is 13.2 Å². The Balaban J connectivity index is 1.70. The van der Waals surface area contributed by atoms with Crippen LogP contribution in [0.3, 0.4) is 0 Å². The van der Waals surface area contributed by atoms with Crippen molar-refractivity contribution in [2.75, 3.05) is 25.2 Å². The minimum atomic E-state index is -3.64. The zero-order valence-electron chi connectivity index (χ0n) is 16.5. The molecule has 0 aliphatic rings. The van der Waals surface area contributed by atoms with E-state index in [1.807, 2.05) is 41.9 Å². The molecule has 30 heavy (non-hydrogen) atoms. The summed E-state index contributed by atoms with van der Waals surface area (Å²) < 4.78 is 27.5. The van der Waals surface area contributed by atoms with Gasteiger partial charge in [-0.15, -0.1) is 10.2 Å². The van der Waals surface area contributed by atoms with Crippen molar-refractivity contribution < 1.29 is 13.2 Å². The van der Waals surface area contributed by atoms with Crippen molar-refractivity contribution in [1.82, 2.24) is 19.1 Å². The largest absolute Gasteiger partial charge is 0.324 e. The summed E-state index contributed by atoms with van der Waals surface area (Å²) in [5, 5.41) is 11.8. The lowest BCUT2D eigenvalue weighted by atomic mass is 10.2. The number of nitrogens with zero attached hydrogens (tertiary/aromatic N) is 4. The molecule has 0 fully saturated rings. The van der Waals surface area contributed by atoms with Crippen LogP contribution in [0.1, 0.15) is 0 Å². The molecule has 0 spiro atoms. The quantitative estimate of drug-likeness (QED) is 0.538. The van der Waals surface area contributed by atoms with E-state index in [1.54, 1.807) is 0 Å². The van der Waals surface area contributed by atoms with E-state index in [4.69, 9.17) is 11.6 Å². The summed E-state index contributed by atoms with van der Waals surface area (Å²) in [5.74, 6) is 0.413. The number of carbonyl (C=O) groups excluding carboxylic acids is 1. The van der Waals surface area contributed by atoms with E-state index in [2.05, 4.69) is 15.5 Å². The van der Waals surface area contributed by atoms with Crippen LogP contribution < -0.4 is 5.32 Å². The van der Waals surface area contributed by atoms with Gasteiger partial charge in [-0.25, -0.2) is 12.7 Å². The van der Waals surface area contributed by atoms with E-state index in [0.717, 1.165) is 9.87 Å². The van der Waals surface area contributed by atoms with Crippen LogP contribution >= 0.6 is 23.4 Å². The lowest BCUT2D eigenvalue weighted by Gasteiger charge is -2.13. The first kappa shape index (κ1) is 22.3. The predicted octanol–water partition coefficient (Wildman–Crippen LogP) is 3.12. The lowest BCUT2D eigenvalue weighted by molar-refractivity contribution is -0.113. The number of halogens is 1. The standard InChI is InChI=1S/C19H20ClN5O3S2/c1-24(2)30(27,28)14-9-10-15(20)16(11-14)21-17(26)12-29-19-23-22-18(25(19)3)13-7-5-4-6-8-13/h4-11H,12H2,1-3H3,(H,21,26). The molecule has 1 heterocycles. The number of rotatable bonds is 7. The second-order valence-corrected chi connectivity index (χ2v) is 10.00. The number of sulfonamides is 1. The van der Waals surface area contributed by atoms with Crippen molar-refractivity contribution in [2.45, 2.75) is 10.1 Å². The van der Waals surface area contributed by atoms with E-state index in [-0.39, 0.29) is 27.3 Å². The summed E-state index contributed by atoms with van der Waals surface area (Å²) in [6, 6.07) is 13.8. The molecule has 158 valence electrons. The van der Waals surface area contributed by atoms with Gasteiger partial charge < -0.3 is 9.88 Å². The highest BCUT2D eigenvalue weighted by Gasteiger charge is 2.19. The van der Waals surface area contributed by atoms with Gasteiger partial charge >= 0.3 is 0 Å². The predicted molar refractivity (Wildman–Crippen MR) is 118 cm³/mol. The van der Waals surface area contributed by atoms with Gasteiger partial charge in [0.2, 0.25) is 15.9 Å². The molecule has 0 saturated carbocycles. The highest BCUT2D eigenvalue weighted by Crippen LogP contribution is 2.27. The third-order valence-electron chi connectivity index (χ3n) is 4.19. The van der Waals surface area contributed by atoms with Gasteiger partial charge in [0.05, 0.1) is 21.4 Å². The van der Waals surface area contributed by atoms with Crippen molar-refractivity contribution in [3.63, 3.8) is 0 Å². The lowest BCUT2D eigenvalue weighted by Crippen LogP contribution is -2.22. The summed E-state index contributed by atoms with van der Waals surface area (Å²) in [5.41, 5.74) is 1.16. The zero-order valence-corrected chi connectivity index (χ0v) is 18.9. The Morgan fingerprint density at radius 2 is 1.87 bits per heavy atom. The first-order valence-corrected chi connectivity index (χ1v) is 11.6. The van der Waals surface area contributed by atoms with Crippen LogP contribution in [0.5, 0.6) is 0 Å². The van der Waals surface area contributed by atoms with Crippen LogP contribution in [0, 0.1) is 0 Å². The highest BCUT2D eigenvalue weighted by molar-refractivity contribution is 7.99. The average Bonchev–Trinajstić information content (AvgIpc) is 3.09. The van der Waals surface area contributed by atoms with Gasteiger partial charge in [0, 0.05) is 26.7 Å². The molecule has 0 aliphatic carbocycles. The van der Waals surface area contributed by atoms with Crippen LogP contribution in [0.25, 0.3) is 11.4 Å². The van der Waals surface area contributed by atoms with Crippen molar-refractivity contribution in [2.24, 2.45) is 7.05 Å². The van der Waals surface area contributed by atoms with Crippen LogP contribution in [0.4, 0.5) is 5.69 Å². The maximum absolute atomic E-state index is 12.4. The Labute approximate surface area is 184 Å². The highest BCUT2D eigenvalue weighted by atomic mass is 35.5. The molecule has 3 rings (SSSR count). The second kappa shape index (κ2) is 9.17. The molecule has 0 aliphatic heterocycles. The zero-order chi connectivity index (χ0) is 21.9. The van der Waals surface area contributed by atoms with Gasteiger partial charge in [0.1, 0.15) is 0 Å². The Kier molecular flexibility index (Phi) is 6.81. The van der Waals surface area contributed by atoms with Gasteiger partial charge in [-0.05, 0) is 18.2 Å². The summed E-state index contributed by atoms with van der Waals surface area (Å²) >= 11 is 7.35. The number of thioether (sulfide) groups is 1. The molecule has 8 nitrogen and oxygen atoms in total. The summed E-state index contributed by atoms with van der Waals surface area (Å²) in [4.78, 5) is 12.5. The third-order valence-corrected chi connectivity index (χ3v) is 7.35. The Bertz CT molecular complexity index is 1160. The maximum Gasteiger partial charge on any atom is 0.242 e. The SMILES string of the molecule is CN(C)S(=O)(=O)c1ccc(Cl)c(NC(=O)CSc2nnc(-c3ccccc3)n2C)c1. The number of hydrogen-bond donors (Lipinski definition) is 1. The fourth-order valence-electron chi connectivity index (χ4n) is 2.57. The Morgan fingerprint density at radius 1 is 1.17 bits per heavy atom. The first-order valence-electron chi connectivity index (χ1n) is 8.79. The molecule has 1 amide bonds. The van der Waals surface area contributed by atoms with Gasteiger partial charge in [0.15, 0.2) is 11.0 Å². The van der Waals surface area contributed by atoms with Gasteiger partial charge in [-0.1, -0.05) is 53.7 Å². The molecule has 11 heteroatoms. The molecule has 0 atom stereocenters. The molecular formula is C19H20ClN5O3S2. The number of aromatic nitrogens is 3. The smallest absolute Gasteiger partial charge is 0.242 e. The first-order chi connectivity index (χ1) is 14.2. The summed E-state index contributed by atoms with van der Waals surface area (Å²) in [6.45, 7) is 0. The minimum absolute atomic E-state index is 0.0423. The Hall–Kier alpha value is -2.40. The molecule has 0 saturated heterocycles. The average molecular weight is 466 g/mol. The summed E-state index contributed by atoms with van der Waals surface area (Å²) in [7, 11) is 1.06. The van der Waals surface area contributed by atoms with Crippen LogP contribution in [0.2, 0.25) is 5.02 Å². The summed E-state index contributed by atoms with van der Waals surface area (Å²) in [6.07, 6.45) is 0. The van der Waals surface area contributed by atoms with Crippen molar-refractivity contribution in [1.29, 1.82) is 0 Å². The maximum atomic E-state index is 12.4. The number of hydrogen-bond acceptors (Lipinski definition) is 6. The molecule has 0 unspecified atom stereocenters.